The van der Waals surface area contributed by atoms with E-state index in [4.69, 9.17) is 11.6 Å². The van der Waals surface area contributed by atoms with E-state index >= 15 is 0 Å². The second-order valence-electron chi connectivity index (χ2n) is 4.16. The highest BCUT2D eigenvalue weighted by Gasteiger charge is 2.11. The van der Waals surface area contributed by atoms with Gasteiger partial charge in [0.25, 0.3) is 0 Å². The number of anilines is 1. The number of benzene rings is 2. The summed E-state index contributed by atoms with van der Waals surface area (Å²) in [6, 6.07) is 7.19. The summed E-state index contributed by atoms with van der Waals surface area (Å²) in [7, 11) is 0. The van der Waals surface area contributed by atoms with Crippen molar-refractivity contribution in [1.82, 2.24) is 0 Å². The van der Waals surface area contributed by atoms with Gasteiger partial charge in [-0.25, -0.2) is 13.2 Å². The molecule has 1 N–H and O–H groups in total. The second kappa shape index (κ2) is 5.53. The summed E-state index contributed by atoms with van der Waals surface area (Å²) in [6.45, 7) is 1.74. The van der Waals surface area contributed by atoms with Crippen LogP contribution in [0.1, 0.15) is 18.5 Å². The summed E-state index contributed by atoms with van der Waals surface area (Å²) < 4.78 is 39.1. The average Bonchev–Trinajstić information content (AvgIpc) is 2.37. The molecule has 1 unspecified atom stereocenters. The highest BCUT2D eigenvalue weighted by Crippen LogP contribution is 2.27. The molecule has 100 valence electrons. The lowest BCUT2D eigenvalue weighted by atomic mass is 10.1. The molecule has 0 saturated carbocycles. The molecule has 0 fully saturated rings. The zero-order valence-electron chi connectivity index (χ0n) is 10.1. The van der Waals surface area contributed by atoms with E-state index in [0.717, 1.165) is 12.1 Å². The second-order valence-corrected chi connectivity index (χ2v) is 4.57. The van der Waals surface area contributed by atoms with Crippen molar-refractivity contribution in [2.45, 2.75) is 13.0 Å². The Morgan fingerprint density at radius 2 is 1.74 bits per heavy atom. The summed E-state index contributed by atoms with van der Waals surface area (Å²) in [5.41, 5.74) is 0.943. The molecule has 0 heterocycles. The van der Waals surface area contributed by atoms with Crippen LogP contribution >= 0.6 is 11.6 Å². The van der Waals surface area contributed by atoms with E-state index < -0.39 is 17.5 Å². The van der Waals surface area contributed by atoms with Gasteiger partial charge < -0.3 is 5.32 Å². The normalized spacial score (nSPS) is 12.3. The fraction of sp³-hybridized carbons (Fsp3) is 0.143. The topological polar surface area (TPSA) is 12.0 Å². The Hall–Kier alpha value is -1.68. The van der Waals surface area contributed by atoms with E-state index in [9.17, 15) is 13.2 Å². The quantitative estimate of drug-likeness (QED) is 0.843. The molecule has 0 radical (unpaired) electrons. The van der Waals surface area contributed by atoms with Gasteiger partial charge >= 0.3 is 0 Å². The standard InChI is InChI=1S/C14H11ClF3N/c1-8(9-2-5-12(17)13(18)6-9)19-14-7-10(16)3-4-11(14)15/h2-8,19H,1H3. The van der Waals surface area contributed by atoms with Gasteiger partial charge in [0.1, 0.15) is 5.82 Å². The van der Waals surface area contributed by atoms with E-state index in [1.54, 1.807) is 6.92 Å². The number of halogens is 4. The van der Waals surface area contributed by atoms with Gasteiger partial charge in [0.05, 0.1) is 10.7 Å². The number of hydrogen-bond acceptors (Lipinski definition) is 1. The average molecular weight is 286 g/mol. The molecule has 0 aromatic heterocycles. The van der Waals surface area contributed by atoms with Crippen LogP contribution in [0.25, 0.3) is 0 Å². The van der Waals surface area contributed by atoms with Crippen LogP contribution in [-0.4, -0.2) is 0 Å². The summed E-state index contributed by atoms with van der Waals surface area (Å²) >= 11 is 5.92. The molecule has 0 spiro atoms. The van der Waals surface area contributed by atoms with Crippen LogP contribution in [0, 0.1) is 17.5 Å². The molecule has 1 nitrogen and oxygen atoms in total. The van der Waals surface area contributed by atoms with Crippen LogP contribution in [0.2, 0.25) is 5.02 Å². The third kappa shape index (κ3) is 3.20. The molecule has 19 heavy (non-hydrogen) atoms. The minimum atomic E-state index is -0.920. The first-order chi connectivity index (χ1) is 8.97. The fourth-order valence-corrected chi connectivity index (χ4v) is 1.88. The first-order valence-corrected chi connectivity index (χ1v) is 6.01. The number of hydrogen-bond donors (Lipinski definition) is 1. The molecule has 2 aromatic rings. The van der Waals surface area contributed by atoms with E-state index in [1.165, 1.54) is 24.3 Å². The third-order valence-corrected chi connectivity index (χ3v) is 3.07. The lowest BCUT2D eigenvalue weighted by molar-refractivity contribution is 0.506. The molecule has 2 rings (SSSR count). The summed E-state index contributed by atoms with van der Waals surface area (Å²) in [4.78, 5) is 0. The van der Waals surface area contributed by atoms with Gasteiger partial charge in [-0.05, 0) is 42.8 Å². The Kier molecular flexibility index (Phi) is 4.00. The van der Waals surface area contributed by atoms with Gasteiger partial charge in [-0.2, -0.15) is 0 Å². The van der Waals surface area contributed by atoms with Crippen molar-refractivity contribution in [1.29, 1.82) is 0 Å². The van der Waals surface area contributed by atoms with E-state index in [0.29, 0.717) is 16.3 Å². The maximum absolute atomic E-state index is 13.1. The Bertz CT molecular complexity index is 601. The van der Waals surface area contributed by atoms with Crippen LogP contribution in [0.3, 0.4) is 0 Å². The van der Waals surface area contributed by atoms with Crippen molar-refractivity contribution in [2.75, 3.05) is 5.32 Å². The Labute approximate surface area is 114 Å². The SMILES string of the molecule is CC(Nc1cc(F)ccc1Cl)c1ccc(F)c(F)c1. The zero-order valence-corrected chi connectivity index (χ0v) is 10.8. The number of rotatable bonds is 3. The highest BCUT2D eigenvalue weighted by atomic mass is 35.5. The fourth-order valence-electron chi connectivity index (χ4n) is 1.71. The predicted octanol–water partition coefficient (Wildman–Crippen LogP) is 4.93. The molecule has 5 heteroatoms. The molecule has 0 amide bonds. The van der Waals surface area contributed by atoms with Gasteiger partial charge in [0, 0.05) is 6.04 Å². The Balaban J connectivity index is 2.22. The molecule has 0 bridgehead atoms. The van der Waals surface area contributed by atoms with Crippen molar-refractivity contribution in [3.8, 4) is 0 Å². The first kappa shape index (κ1) is 13.7. The van der Waals surface area contributed by atoms with Crippen LogP contribution in [0.5, 0.6) is 0 Å². The van der Waals surface area contributed by atoms with Gasteiger partial charge in [-0.15, -0.1) is 0 Å². The van der Waals surface area contributed by atoms with Gasteiger partial charge in [0.15, 0.2) is 11.6 Å². The highest BCUT2D eigenvalue weighted by molar-refractivity contribution is 6.33. The van der Waals surface area contributed by atoms with Crippen molar-refractivity contribution in [2.24, 2.45) is 0 Å². The Morgan fingerprint density at radius 1 is 1.00 bits per heavy atom. The smallest absolute Gasteiger partial charge is 0.159 e. The zero-order chi connectivity index (χ0) is 14.0. The molecule has 0 aliphatic rings. The summed E-state index contributed by atoms with van der Waals surface area (Å²) in [6.07, 6.45) is 0. The van der Waals surface area contributed by atoms with Crippen molar-refractivity contribution < 1.29 is 13.2 Å². The maximum Gasteiger partial charge on any atom is 0.159 e. The van der Waals surface area contributed by atoms with Crippen LogP contribution in [0.4, 0.5) is 18.9 Å². The first-order valence-electron chi connectivity index (χ1n) is 5.64. The largest absolute Gasteiger partial charge is 0.377 e. The molecule has 0 aliphatic carbocycles. The molecule has 0 saturated heterocycles. The minimum Gasteiger partial charge on any atom is -0.377 e. The summed E-state index contributed by atoms with van der Waals surface area (Å²) in [5, 5.41) is 3.31. The molecule has 2 aromatic carbocycles. The monoisotopic (exact) mass is 285 g/mol. The van der Waals surface area contributed by atoms with Crippen LogP contribution in [0.15, 0.2) is 36.4 Å². The van der Waals surface area contributed by atoms with E-state index in [2.05, 4.69) is 5.32 Å². The van der Waals surface area contributed by atoms with Gasteiger partial charge in [-0.1, -0.05) is 17.7 Å². The van der Waals surface area contributed by atoms with E-state index in [1.807, 2.05) is 0 Å². The van der Waals surface area contributed by atoms with Crippen molar-refractivity contribution >= 4 is 17.3 Å². The maximum atomic E-state index is 13.1. The van der Waals surface area contributed by atoms with Gasteiger partial charge in [-0.3, -0.25) is 0 Å². The van der Waals surface area contributed by atoms with Crippen LogP contribution < -0.4 is 5.32 Å². The summed E-state index contributed by atoms with van der Waals surface area (Å²) in [5.74, 6) is -2.25. The van der Waals surface area contributed by atoms with Crippen molar-refractivity contribution in [3.63, 3.8) is 0 Å². The van der Waals surface area contributed by atoms with Crippen LogP contribution in [-0.2, 0) is 0 Å². The molecule has 0 aliphatic heterocycles. The molecular weight excluding hydrogens is 275 g/mol. The lowest BCUT2D eigenvalue weighted by Gasteiger charge is -2.17. The minimum absolute atomic E-state index is 0.339. The van der Waals surface area contributed by atoms with Crippen molar-refractivity contribution in [3.05, 3.63) is 64.4 Å². The third-order valence-electron chi connectivity index (χ3n) is 2.74. The molecular formula is C14H11ClF3N. The molecule has 1 atom stereocenters. The predicted molar refractivity (Wildman–Crippen MR) is 69.8 cm³/mol. The van der Waals surface area contributed by atoms with E-state index in [-0.39, 0.29) is 6.04 Å². The number of nitrogens with one attached hydrogen (secondary N) is 1. The van der Waals surface area contributed by atoms with Gasteiger partial charge in [0.2, 0.25) is 0 Å². The Morgan fingerprint density at radius 3 is 2.42 bits per heavy atom. The lowest BCUT2D eigenvalue weighted by Crippen LogP contribution is -2.08.